The van der Waals surface area contributed by atoms with Gasteiger partial charge < -0.3 is 10.5 Å². The predicted molar refractivity (Wildman–Crippen MR) is 79.2 cm³/mol. The van der Waals surface area contributed by atoms with Gasteiger partial charge in [-0.05, 0) is 19.1 Å². The third-order valence-electron chi connectivity index (χ3n) is 3.11. The van der Waals surface area contributed by atoms with Crippen LogP contribution in [0.5, 0.6) is 0 Å². The van der Waals surface area contributed by atoms with Gasteiger partial charge in [0.25, 0.3) is 0 Å². The second-order valence-corrected chi connectivity index (χ2v) is 4.47. The summed E-state index contributed by atoms with van der Waals surface area (Å²) < 4.78 is 6.66. The fourth-order valence-electron chi connectivity index (χ4n) is 2.11. The molecule has 0 unspecified atom stereocenters. The van der Waals surface area contributed by atoms with Crippen molar-refractivity contribution in [1.82, 2.24) is 14.8 Å². The van der Waals surface area contributed by atoms with Crippen LogP contribution in [0.3, 0.4) is 0 Å². The summed E-state index contributed by atoms with van der Waals surface area (Å²) in [4.78, 5) is 16.1. The first-order valence-corrected chi connectivity index (χ1v) is 6.56. The van der Waals surface area contributed by atoms with Crippen molar-refractivity contribution in [2.75, 3.05) is 12.3 Å². The van der Waals surface area contributed by atoms with Crippen molar-refractivity contribution in [3.8, 4) is 5.82 Å². The number of fused-ring (bicyclic) bond motifs is 1. The number of esters is 1. The molecule has 2 heterocycles. The molecule has 3 rings (SSSR count). The zero-order valence-corrected chi connectivity index (χ0v) is 11.5. The molecule has 0 spiro atoms. The Hall–Kier alpha value is -2.89. The van der Waals surface area contributed by atoms with Gasteiger partial charge in [-0.1, -0.05) is 18.2 Å². The Kier molecular flexibility index (Phi) is 3.27. The number of carbonyl (C=O) groups is 1. The van der Waals surface area contributed by atoms with Gasteiger partial charge in [0.2, 0.25) is 0 Å². The van der Waals surface area contributed by atoms with Crippen LogP contribution in [0.4, 0.5) is 5.69 Å². The van der Waals surface area contributed by atoms with E-state index in [1.807, 2.05) is 24.3 Å². The van der Waals surface area contributed by atoms with Gasteiger partial charge in [0.05, 0.1) is 35.8 Å². The summed E-state index contributed by atoms with van der Waals surface area (Å²) in [5, 5.41) is 5.30. The standard InChI is InChI=1S/C15H14N4O2/c1-2-21-15(20)11-7-14(17-9-12(11)16)19-13-6-4-3-5-10(13)8-18-19/h3-9H,2,16H2,1H3. The summed E-state index contributed by atoms with van der Waals surface area (Å²) in [5.74, 6) is 0.0589. The Bertz CT molecular complexity index is 810. The van der Waals surface area contributed by atoms with Crippen molar-refractivity contribution in [2.45, 2.75) is 6.92 Å². The summed E-state index contributed by atoms with van der Waals surface area (Å²) in [6, 6.07) is 9.35. The normalized spacial score (nSPS) is 10.7. The van der Waals surface area contributed by atoms with E-state index in [2.05, 4.69) is 10.1 Å². The van der Waals surface area contributed by atoms with E-state index in [0.717, 1.165) is 10.9 Å². The van der Waals surface area contributed by atoms with Gasteiger partial charge in [-0.3, -0.25) is 0 Å². The number of carbonyl (C=O) groups excluding carboxylic acids is 1. The molecule has 0 atom stereocenters. The Balaban J connectivity index is 2.11. The molecule has 2 aromatic heterocycles. The van der Waals surface area contributed by atoms with Crippen LogP contribution < -0.4 is 5.73 Å². The number of benzene rings is 1. The molecular weight excluding hydrogens is 268 g/mol. The Morgan fingerprint density at radius 2 is 2.14 bits per heavy atom. The van der Waals surface area contributed by atoms with Crippen molar-refractivity contribution >= 4 is 22.6 Å². The first-order chi connectivity index (χ1) is 10.2. The first-order valence-electron chi connectivity index (χ1n) is 6.56. The molecule has 0 bridgehead atoms. The Morgan fingerprint density at radius 3 is 2.95 bits per heavy atom. The lowest BCUT2D eigenvalue weighted by Crippen LogP contribution is -2.10. The van der Waals surface area contributed by atoms with Crippen LogP contribution >= 0.6 is 0 Å². The number of para-hydroxylation sites is 1. The van der Waals surface area contributed by atoms with E-state index >= 15 is 0 Å². The first kappa shape index (κ1) is 13.1. The average Bonchev–Trinajstić information content (AvgIpc) is 2.92. The monoisotopic (exact) mass is 282 g/mol. The maximum atomic E-state index is 11.9. The number of rotatable bonds is 3. The zero-order chi connectivity index (χ0) is 14.8. The van der Waals surface area contributed by atoms with Crippen LogP contribution in [-0.2, 0) is 4.74 Å². The number of ether oxygens (including phenoxy) is 1. The second kappa shape index (κ2) is 5.24. The lowest BCUT2D eigenvalue weighted by atomic mass is 10.2. The summed E-state index contributed by atoms with van der Waals surface area (Å²) in [6.45, 7) is 2.04. The van der Waals surface area contributed by atoms with E-state index in [4.69, 9.17) is 10.5 Å². The van der Waals surface area contributed by atoms with Crippen molar-refractivity contribution in [3.05, 3.63) is 48.3 Å². The molecule has 0 radical (unpaired) electrons. The van der Waals surface area contributed by atoms with Crippen LogP contribution in [0.25, 0.3) is 16.7 Å². The molecule has 6 heteroatoms. The van der Waals surface area contributed by atoms with E-state index in [-0.39, 0.29) is 5.69 Å². The summed E-state index contributed by atoms with van der Waals surface area (Å²) in [5.41, 5.74) is 7.28. The largest absolute Gasteiger partial charge is 0.462 e. The number of hydrogen-bond donors (Lipinski definition) is 1. The van der Waals surface area contributed by atoms with Crippen molar-refractivity contribution in [1.29, 1.82) is 0 Å². The van der Waals surface area contributed by atoms with Crippen LogP contribution in [0.2, 0.25) is 0 Å². The van der Waals surface area contributed by atoms with Crippen LogP contribution in [-0.4, -0.2) is 27.3 Å². The number of pyridine rings is 1. The average molecular weight is 282 g/mol. The SMILES string of the molecule is CCOC(=O)c1cc(-n2ncc3ccccc32)ncc1N. The highest BCUT2D eigenvalue weighted by Crippen LogP contribution is 2.20. The maximum absolute atomic E-state index is 11.9. The molecule has 1 aromatic carbocycles. The van der Waals surface area contributed by atoms with E-state index in [9.17, 15) is 4.79 Å². The third-order valence-corrected chi connectivity index (χ3v) is 3.11. The molecule has 0 aliphatic carbocycles. The highest BCUT2D eigenvalue weighted by atomic mass is 16.5. The summed E-state index contributed by atoms with van der Waals surface area (Å²) in [7, 11) is 0. The smallest absolute Gasteiger partial charge is 0.340 e. The van der Waals surface area contributed by atoms with E-state index < -0.39 is 5.97 Å². The number of hydrogen-bond acceptors (Lipinski definition) is 5. The molecule has 0 saturated heterocycles. The quantitative estimate of drug-likeness (QED) is 0.744. The highest BCUT2D eigenvalue weighted by molar-refractivity contribution is 5.95. The molecular formula is C15H14N4O2. The zero-order valence-electron chi connectivity index (χ0n) is 11.5. The lowest BCUT2D eigenvalue weighted by Gasteiger charge is -2.08. The number of nitrogens with two attached hydrogens (primary N) is 1. The molecule has 0 saturated carbocycles. The highest BCUT2D eigenvalue weighted by Gasteiger charge is 2.14. The van der Waals surface area contributed by atoms with Gasteiger partial charge in [-0.15, -0.1) is 0 Å². The number of aromatic nitrogens is 3. The molecule has 3 aromatic rings. The Morgan fingerprint density at radius 1 is 1.33 bits per heavy atom. The van der Waals surface area contributed by atoms with Crippen molar-refractivity contribution in [2.24, 2.45) is 0 Å². The Labute approximate surface area is 121 Å². The molecule has 2 N–H and O–H groups in total. The van der Waals surface area contributed by atoms with Crippen LogP contribution in [0.15, 0.2) is 42.7 Å². The van der Waals surface area contributed by atoms with Gasteiger partial charge in [0.1, 0.15) is 0 Å². The topological polar surface area (TPSA) is 83.0 Å². The number of anilines is 1. The second-order valence-electron chi connectivity index (χ2n) is 4.47. The van der Waals surface area contributed by atoms with Gasteiger partial charge in [0, 0.05) is 5.39 Å². The lowest BCUT2D eigenvalue weighted by molar-refractivity contribution is 0.0527. The summed E-state index contributed by atoms with van der Waals surface area (Å²) >= 11 is 0. The van der Waals surface area contributed by atoms with E-state index in [0.29, 0.717) is 18.0 Å². The minimum absolute atomic E-state index is 0.286. The molecule has 6 nitrogen and oxygen atoms in total. The molecule has 0 fully saturated rings. The fourth-order valence-corrected chi connectivity index (χ4v) is 2.11. The van der Waals surface area contributed by atoms with Crippen LogP contribution in [0.1, 0.15) is 17.3 Å². The number of nitrogens with zero attached hydrogens (tertiary/aromatic N) is 3. The molecule has 106 valence electrons. The van der Waals surface area contributed by atoms with Gasteiger partial charge in [0.15, 0.2) is 5.82 Å². The minimum Gasteiger partial charge on any atom is -0.462 e. The van der Waals surface area contributed by atoms with Gasteiger partial charge in [-0.25, -0.2) is 14.5 Å². The minimum atomic E-state index is -0.463. The molecule has 0 aliphatic rings. The van der Waals surface area contributed by atoms with E-state index in [1.165, 1.54) is 6.20 Å². The van der Waals surface area contributed by atoms with Crippen molar-refractivity contribution < 1.29 is 9.53 Å². The summed E-state index contributed by atoms with van der Waals surface area (Å²) in [6.07, 6.45) is 3.19. The molecule has 0 aliphatic heterocycles. The van der Waals surface area contributed by atoms with Gasteiger partial charge in [-0.2, -0.15) is 5.10 Å². The maximum Gasteiger partial charge on any atom is 0.340 e. The van der Waals surface area contributed by atoms with Crippen molar-refractivity contribution in [3.63, 3.8) is 0 Å². The molecule has 21 heavy (non-hydrogen) atoms. The van der Waals surface area contributed by atoms with Gasteiger partial charge >= 0.3 is 5.97 Å². The molecule has 0 amide bonds. The third kappa shape index (κ3) is 2.31. The van der Waals surface area contributed by atoms with E-state index in [1.54, 1.807) is 23.9 Å². The van der Waals surface area contributed by atoms with Crippen LogP contribution in [0, 0.1) is 0 Å². The predicted octanol–water partition coefficient (Wildman–Crippen LogP) is 2.18. The fraction of sp³-hybridized carbons (Fsp3) is 0.133. The number of nitrogen functional groups attached to an aromatic ring is 1.